The highest BCUT2D eigenvalue weighted by Crippen LogP contribution is 2.28. The van der Waals surface area contributed by atoms with Gasteiger partial charge in [0.05, 0.1) is 10.6 Å². The normalized spacial score (nSPS) is 21.3. The molecule has 3 N–H and O–H groups in total. The molecular weight excluding hydrogens is 424 g/mol. The molecule has 11 heteroatoms. The van der Waals surface area contributed by atoms with Crippen molar-refractivity contribution in [2.45, 2.75) is 30.2 Å². The molecule has 0 radical (unpaired) electrons. The van der Waals surface area contributed by atoms with Gasteiger partial charge in [0.2, 0.25) is 11.8 Å². The fraction of sp³-hybridized carbons (Fsp3) is 0.200. The van der Waals surface area contributed by atoms with Crippen molar-refractivity contribution in [3.8, 4) is 0 Å². The fourth-order valence-electron chi connectivity index (χ4n) is 3.49. The summed E-state index contributed by atoms with van der Waals surface area (Å²) in [6.45, 7) is 1.51. The molecule has 0 saturated carbocycles. The minimum absolute atomic E-state index is 0.0705. The first-order valence-corrected chi connectivity index (χ1v) is 10.8. The zero-order valence-electron chi connectivity index (χ0n) is 16.3. The van der Waals surface area contributed by atoms with Crippen LogP contribution in [0.15, 0.2) is 53.4 Å². The zero-order chi connectivity index (χ0) is 22.4. The van der Waals surface area contributed by atoms with Crippen molar-refractivity contribution in [1.29, 1.82) is 0 Å². The number of rotatable bonds is 5. The second-order valence-electron chi connectivity index (χ2n) is 7.34. The van der Waals surface area contributed by atoms with E-state index in [2.05, 4.69) is 15.4 Å². The standard InChI is InChI=1S/C20H18N4O6S/c1-20(18(27)21-19(28)22-20)12-3-2-4-13(11-12)23-31(29,30)15-7-5-14(6-8-15)24-16(25)9-10-17(24)26/h2-8,11,23H,9-10H2,1H3,(H2,21,22,27,28). The van der Waals surface area contributed by atoms with Crippen molar-refractivity contribution in [2.75, 3.05) is 9.62 Å². The fourth-order valence-corrected chi connectivity index (χ4v) is 4.54. The van der Waals surface area contributed by atoms with E-state index in [0.29, 0.717) is 11.3 Å². The third-order valence-electron chi connectivity index (χ3n) is 5.19. The van der Waals surface area contributed by atoms with Crippen LogP contribution >= 0.6 is 0 Å². The Morgan fingerprint density at radius 1 is 0.968 bits per heavy atom. The van der Waals surface area contributed by atoms with E-state index in [1.165, 1.54) is 43.3 Å². The van der Waals surface area contributed by atoms with E-state index < -0.39 is 27.5 Å². The second-order valence-corrected chi connectivity index (χ2v) is 9.02. The van der Waals surface area contributed by atoms with E-state index in [-0.39, 0.29) is 35.2 Å². The summed E-state index contributed by atoms with van der Waals surface area (Å²) >= 11 is 0. The zero-order valence-corrected chi connectivity index (χ0v) is 17.2. The highest BCUT2D eigenvalue weighted by molar-refractivity contribution is 7.92. The lowest BCUT2D eigenvalue weighted by molar-refractivity contribution is -0.124. The van der Waals surface area contributed by atoms with Crippen LogP contribution in [-0.2, 0) is 29.9 Å². The van der Waals surface area contributed by atoms with Crippen molar-refractivity contribution in [2.24, 2.45) is 0 Å². The Morgan fingerprint density at radius 3 is 2.19 bits per heavy atom. The second kappa shape index (κ2) is 7.20. The van der Waals surface area contributed by atoms with Crippen molar-refractivity contribution in [3.63, 3.8) is 0 Å². The third-order valence-corrected chi connectivity index (χ3v) is 6.59. The summed E-state index contributed by atoms with van der Waals surface area (Å²) in [5.41, 5.74) is -0.418. The molecule has 1 atom stereocenters. The lowest BCUT2D eigenvalue weighted by Crippen LogP contribution is -2.40. The van der Waals surface area contributed by atoms with E-state index in [9.17, 15) is 27.6 Å². The van der Waals surface area contributed by atoms with Crippen LogP contribution in [0.4, 0.5) is 16.2 Å². The minimum Gasteiger partial charge on any atom is -0.320 e. The van der Waals surface area contributed by atoms with Gasteiger partial charge in [-0.05, 0) is 48.9 Å². The average molecular weight is 442 g/mol. The number of anilines is 2. The van der Waals surface area contributed by atoms with Gasteiger partial charge in [0.15, 0.2) is 0 Å². The summed E-state index contributed by atoms with van der Waals surface area (Å²) in [6, 6.07) is 10.9. The molecule has 10 nitrogen and oxygen atoms in total. The summed E-state index contributed by atoms with van der Waals surface area (Å²) in [5.74, 6) is -1.20. The molecule has 2 saturated heterocycles. The first-order valence-electron chi connectivity index (χ1n) is 9.33. The SMILES string of the molecule is CC1(c2cccc(NS(=O)(=O)c3ccc(N4C(=O)CCC4=O)cc3)c2)NC(=O)NC1=O. The van der Waals surface area contributed by atoms with Crippen LogP contribution in [0.1, 0.15) is 25.3 Å². The van der Waals surface area contributed by atoms with E-state index in [1.807, 2.05) is 0 Å². The summed E-state index contributed by atoms with van der Waals surface area (Å²) in [4.78, 5) is 48.3. The maximum absolute atomic E-state index is 12.8. The highest BCUT2D eigenvalue weighted by atomic mass is 32.2. The Labute approximate surface area is 177 Å². The number of carbonyl (C=O) groups excluding carboxylic acids is 4. The van der Waals surface area contributed by atoms with E-state index in [0.717, 1.165) is 4.90 Å². The predicted molar refractivity (Wildman–Crippen MR) is 109 cm³/mol. The van der Waals surface area contributed by atoms with E-state index in [4.69, 9.17) is 0 Å². The smallest absolute Gasteiger partial charge is 0.320 e. The van der Waals surface area contributed by atoms with Gasteiger partial charge in [-0.15, -0.1) is 0 Å². The van der Waals surface area contributed by atoms with Crippen molar-refractivity contribution < 1.29 is 27.6 Å². The van der Waals surface area contributed by atoms with Crippen LogP contribution < -0.4 is 20.3 Å². The van der Waals surface area contributed by atoms with E-state index in [1.54, 1.807) is 12.1 Å². The van der Waals surface area contributed by atoms with Gasteiger partial charge in [-0.1, -0.05) is 12.1 Å². The minimum atomic E-state index is -3.99. The topological polar surface area (TPSA) is 142 Å². The molecule has 160 valence electrons. The molecule has 0 aromatic heterocycles. The van der Waals surface area contributed by atoms with Gasteiger partial charge in [-0.2, -0.15) is 0 Å². The summed E-state index contributed by atoms with van der Waals surface area (Å²) in [6.07, 6.45) is 0.266. The Bertz CT molecular complexity index is 1210. The van der Waals surface area contributed by atoms with Gasteiger partial charge in [0.25, 0.3) is 15.9 Å². The molecule has 2 heterocycles. The van der Waals surface area contributed by atoms with Crippen LogP contribution in [0.2, 0.25) is 0 Å². The number of sulfonamides is 1. The number of imide groups is 2. The lowest BCUT2D eigenvalue weighted by atomic mass is 9.92. The van der Waals surface area contributed by atoms with Crippen LogP contribution in [0, 0.1) is 0 Å². The number of carbonyl (C=O) groups is 4. The monoisotopic (exact) mass is 442 g/mol. The number of hydrogen-bond donors (Lipinski definition) is 3. The van der Waals surface area contributed by atoms with Crippen LogP contribution in [0.3, 0.4) is 0 Å². The van der Waals surface area contributed by atoms with Gasteiger partial charge in [0.1, 0.15) is 5.54 Å². The summed E-state index contributed by atoms with van der Waals surface area (Å²) in [5, 5.41) is 4.68. The Hall–Kier alpha value is -3.73. The summed E-state index contributed by atoms with van der Waals surface area (Å²) < 4.78 is 28.0. The van der Waals surface area contributed by atoms with Crippen LogP contribution in [0.5, 0.6) is 0 Å². The molecule has 0 aliphatic carbocycles. The maximum atomic E-state index is 12.8. The molecular formula is C20H18N4O6S. The average Bonchev–Trinajstić information content (AvgIpc) is 3.19. The van der Waals surface area contributed by atoms with E-state index >= 15 is 0 Å². The van der Waals surface area contributed by atoms with Gasteiger partial charge in [-0.3, -0.25) is 29.3 Å². The molecule has 0 bridgehead atoms. The third kappa shape index (κ3) is 3.63. The Balaban J connectivity index is 1.57. The molecule has 2 aliphatic heterocycles. The van der Waals surface area contributed by atoms with Gasteiger partial charge >= 0.3 is 6.03 Å². The molecule has 2 aliphatic rings. The largest absolute Gasteiger partial charge is 0.322 e. The summed E-state index contributed by atoms with van der Waals surface area (Å²) in [7, 11) is -3.99. The number of nitrogens with one attached hydrogen (secondary N) is 3. The van der Waals surface area contributed by atoms with Gasteiger partial charge in [0, 0.05) is 18.5 Å². The van der Waals surface area contributed by atoms with Crippen molar-refractivity contribution >= 4 is 45.2 Å². The molecule has 0 spiro atoms. The van der Waals surface area contributed by atoms with Gasteiger partial charge in [-0.25, -0.2) is 13.2 Å². The number of hydrogen-bond acceptors (Lipinski definition) is 6. The van der Waals surface area contributed by atoms with Crippen LogP contribution in [-0.4, -0.2) is 32.2 Å². The molecule has 31 heavy (non-hydrogen) atoms. The molecule has 4 rings (SSSR count). The maximum Gasteiger partial charge on any atom is 0.322 e. The highest BCUT2D eigenvalue weighted by Gasteiger charge is 2.43. The lowest BCUT2D eigenvalue weighted by Gasteiger charge is -2.22. The first-order chi connectivity index (χ1) is 14.6. The van der Waals surface area contributed by atoms with Crippen LogP contribution in [0.25, 0.3) is 0 Å². The number of benzene rings is 2. The molecule has 2 aromatic rings. The number of amides is 5. The van der Waals surface area contributed by atoms with Gasteiger partial charge < -0.3 is 5.32 Å². The Morgan fingerprint density at radius 2 is 1.61 bits per heavy atom. The van der Waals surface area contributed by atoms with Crippen molar-refractivity contribution in [1.82, 2.24) is 10.6 Å². The Kier molecular flexibility index (Phi) is 4.77. The van der Waals surface area contributed by atoms with Crippen molar-refractivity contribution in [3.05, 3.63) is 54.1 Å². The molecule has 1 unspecified atom stereocenters. The first kappa shape index (κ1) is 20.5. The number of urea groups is 1. The quantitative estimate of drug-likeness (QED) is 0.469. The molecule has 5 amide bonds. The molecule has 2 aromatic carbocycles. The number of nitrogens with zero attached hydrogens (tertiary/aromatic N) is 1. The predicted octanol–water partition coefficient (Wildman–Crippen LogP) is 1.20. The molecule has 2 fully saturated rings.